The van der Waals surface area contributed by atoms with E-state index in [0.717, 1.165) is 4.90 Å². The molecule has 2 atom stereocenters. The summed E-state index contributed by atoms with van der Waals surface area (Å²) in [5.74, 6) is -5.96. The number of ether oxygens (including phenoxy) is 4. The van der Waals surface area contributed by atoms with Gasteiger partial charge in [-0.2, -0.15) is 8.78 Å². The number of thiocarbonyl (C=S) groups is 1. The average molecular weight is 464 g/mol. The molecule has 0 N–H and O–H groups in total. The monoisotopic (exact) mass is 463 g/mol. The summed E-state index contributed by atoms with van der Waals surface area (Å²) in [5, 5.41) is -0.389. The van der Waals surface area contributed by atoms with Gasteiger partial charge in [0.05, 0.1) is 13.2 Å². The van der Waals surface area contributed by atoms with Gasteiger partial charge in [-0.05, 0) is 53.8 Å². The van der Waals surface area contributed by atoms with E-state index in [1.54, 1.807) is 20.8 Å². The van der Waals surface area contributed by atoms with E-state index in [1.165, 1.54) is 44.1 Å². The van der Waals surface area contributed by atoms with E-state index in [9.17, 15) is 9.59 Å². The normalized spacial score (nSPS) is 19.6. The lowest BCUT2D eigenvalue weighted by atomic mass is 10.0. The summed E-state index contributed by atoms with van der Waals surface area (Å²) in [6.45, 7) is 8.73. The van der Waals surface area contributed by atoms with Crippen molar-refractivity contribution in [3.8, 4) is 0 Å². The standard InChI is InChI=1S/C19H27F2N3O6S/c1-7-27-14(25)19(20,21)13(29-16(31)23-9-8-22-11-23)12-10-28-18(5,6)24(12)15(26)30-17(2,3)4/h8-9,11-13H,7,10H2,1-6H3/t12-,13?/m1/s1. The van der Waals surface area contributed by atoms with Crippen LogP contribution in [0.5, 0.6) is 0 Å². The molecule has 1 amide bonds. The van der Waals surface area contributed by atoms with Gasteiger partial charge in [0.25, 0.3) is 5.17 Å². The van der Waals surface area contributed by atoms with E-state index in [-0.39, 0.29) is 18.4 Å². The molecule has 1 aromatic heterocycles. The molecule has 1 aliphatic heterocycles. The number of carbonyl (C=O) groups is 2. The van der Waals surface area contributed by atoms with Gasteiger partial charge in [-0.25, -0.2) is 14.6 Å². The molecule has 1 aliphatic rings. The van der Waals surface area contributed by atoms with Crippen molar-refractivity contribution in [3.63, 3.8) is 0 Å². The van der Waals surface area contributed by atoms with Crippen molar-refractivity contribution in [1.82, 2.24) is 14.5 Å². The van der Waals surface area contributed by atoms with Gasteiger partial charge in [-0.1, -0.05) is 0 Å². The van der Waals surface area contributed by atoms with Crippen molar-refractivity contribution in [1.29, 1.82) is 0 Å². The molecule has 1 saturated heterocycles. The summed E-state index contributed by atoms with van der Waals surface area (Å²) in [4.78, 5) is 29.8. The Morgan fingerprint density at radius 3 is 2.52 bits per heavy atom. The van der Waals surface area contributed by atoms with Crippen molar-refractivity contribution in [2.75, 3.05) is 13.2 Å². The van der Waals surface area contributed by atoms with Crippen LogP contribution in [-0.4, -0.2) is 74.3 Å². The Balaban J connectivity index is 2.46. The third-order valence-corrected chi connectivity index (χ3v) is 4.61. The second kappa shape index (κ2) is 9.03. The van der Waals surface area contributed by atoms with Gasteiger partial charge in [-0.3, -0.25) is 9.47 Å². The molecule has 0 aliphatic carbocycles. The van der Waals surface area contributed by atoms with Crippen LogP contribution in [0.25, 0.3) is 0 Å². The molecule has 9 nitrogen and oxygen atoms in total. The van der Waals surface area contributed by atoms with E-state index in [0.29, 0.717) is 0 Å². The Hall–Kier alpha value is -2.34. The summed E-state index contributed by atoms with van der Waals surface area (Å²) in [6, 6.07) is -1.41. The van der Waals surface area contributed by atoms with Crippen LogP contribution in [0.1, 0.15) is 41.5 Å². The molecule has 0 aromatic carbocycles. The minimum Gasteiger partial charge on any atom is -0.461 e. The van der Waals surface area contributed by atoms with Gasteiger partial charge >= 0.3 is 18.0 Å². The van der Waals surface area contributed by atoms with Gasteiger partial charge in [0.1, 0.15) is 23.7 Å². The largest absolute Gasteiger partial charge is 0.461 e. The Morgan fingerprint density at radius 1 is 1.35 bits per heavy atom. The van der Waals surface area contributed by atoms with Crippen molar-refractivity contribution < 1.29 is 37.3 Å². The first-order valence-corrected chi connectivity index (χ1v) is 10.0. The van der Waals surface area contributed by atoms with Gasteiger partial charge in [0.15, 0.2) is 6.10 Å². The van der Waals surface area contributed by atoms with Gasteiger partial charge in [0, 0.05) is 12.4 Å². The van der Waals surface area contributed by atoms with Crippen LogP contribution < -0.4 is 0 Å². The Bertz CT molecular complexity index is 810. The SMILES string of the molecule is CCOC(=O)C(F)(F)C(OC(=S)n1ccnc1)[C@H]1COC(C)(C)N1C(=O)OC(C)(C)C. The van der Waals surface area contributed by atoms with Crippen LogP contribution in [0, 0.1) is 0 Å². The number of hydrogen-bond donors (Lipinski definition) is 0. The number of carbonyl (C=O) groups excluding carboxylic acids is 2. The maximum absolute atomic E-state index is 15.2. The number of nitrogens with zero attached hydrogens (tertiary/aromatic N) is 3. The lowest BCUT2D eigenvalue weighted by Crippen LogP contribution is -2.60. The second-order valence-corrected chi connectivity index (χ2v) is 8.64. The molecule has 1 fully saturated rings. The summed E-state index contributed by atoms with van der Waals surface area (Å²) in [7, 11) is 0. The molecule has 0 spiro atoms. The molecule has 174 valence electrons. The average Bonchev–Trinajstić information content (AvgIpc) is 3.25. The maximum atomic E-state index is 15.2. The quantitative estimate of drug-likeness (QED) is 0.486. The summed E-state index contributed by atoms with van der Waals surface area (Å²) >= 11 is 5.09. The minimum absolute atomic E-state index is 0.268. The van der Waals surface area contributed by atoms with Crippen LogP contribution >= 0.6 is 12.2 Å². The maximum Gasteiger partial charge on any atom is 0.413 e. The van der Waals surface area contributed by atoms with Crippen molar-refractivity contribution >= 4 is 29.5 Å². The number of amides is 1. The molecule has 0 saturated carbocycles. The predicted octanol–water partition coefficient (Wildman–Crippen LogP) is 2.97. The number of aromatic nitrogens is 2. The van der Waals surface area contributed by atoms with Crippen LogP contribution in [0.4, 0.5) is 13.6 Å². The summed E-state index contributed by atoms with van der Waals surface area (Å²) < 4.78 is 52.5. The van der Waals surface area contributed by atoms with Crippen molar-refractivity contribution in [3.05, 3.63) is 18.7 Å². The highest BCUT2D eigenvalue weighted by atomic mass is 32.1. The Labute approximate surface area is 184 Å². The molecule has 31 heavy (non-hydrogen) atoms. The molecule has 12 heteroatoms. The van der Waals surface area contributed by atoms with E-state index >= 15 is 8.78 Å². The van der Waals surface area contributed by atoms with E-state index in [1.807, 2.05) is 0 Å². The van der Waals surface area contributed by atoms with Gasteiger partial charge < -0.3 is 18.9 Å². The number of imidazole rings is 1. The molecule has 2 rings (SSSR count). The predicted molar refractivity (Wildman–Crippen MR) is 109 cm³/mol. The lowest BCUT2D eigenvalue weighted by molar-refractivity contribution is -0.192. The summed E-state index contributed by atoms with van der Waals surface area (Å²) in [5.41, 5.74) is -2.21. The lowest BCUT2D eigenvalue weighted by Gasteiger charge is -2.38. The highest BCUT2D eigenvalue weighted by Gasteiger charge is 2.61. The van der Waals surface area contributed by atoms with Crippen LogP contribution in [0.2, 0.25) is 0 Å². The molecule has 2 heterocycles. The molecular weight excluding hydrogens is 436 g/mol. The second-order valence-electron chi connectivity index (χ2n) is 8.29. The first-order chi connectivity index (χ1) is 14.2. The molecule has 0 radical (unpaired) electrons. The molecule has 1 aromatic rings. The third kappa shape index (κ3) is 5.67. The zero-order valence-electron chi connectivity index (χ0n) is 18.3. The van der Waals surface area contributed by atoms with Crippen molar-refractivity contribution in [2.24, 2.45) is 0 Å². The topological polar surface area (TPSA) is 92.1 Å². The number of alkyl halides is 2. The molecule has 1 unspecified atom stereocenters. The first kappa shape index (κ1) is 24.9. The minimum atomic E-state index is -4.16. The van der Waals surface area contributed by atoms with Crippen LogP contribution in [0.15, 0.2) is 18.7 Å². The molecular formula is C19H27F2N3O6S. The number of esters is 1. The fourth-order valence-electron chi connectivity index (χ4n) is 3.00. The number of hydrogen-bond acceptors (Lipinski definition) is 8. The Morgan fingerprint density at radius 2 is 2.00 bits per heavy atom. The van der Waals surface area contributed by atoms with E-state index < -0.39 is 41.5 Å². The number of halogens is 2. The van der Waals surface area contributed by atoms with Crippen LogP contribution in [-0.2, 0) is 23.7 Å². The highest BCUT2D eigenvalue weighted by Crippen LogP contribution is 2.37. The summed E-state index contributed by atoms with van der Waals surface area (Å²) in [6.07, 6.45) is 0.909. The first-order valence-electron chi connectivity index (χ1n) is 9.61. The Kier molecular flexibility index (Phi) is 7.26. The molecule has 0 bridgehead atoms. The van der Waals surface area contributed by atoms with Crippen LogP contribution in [0.3, 0.4) is 0 Å². The zero-order valence-corrected chi connectivity index (χ0v) is 19.1. The third-order valence-electron chi connectivity index (χ3n) is 4.31. The number of rotatable bonds is 5. The van der Waals surface area contributed by atoms with E-state index in [4.69, 9.17) is 26.4 Å². The smallest absolute Gasteiger partial charge is 0.413 e. The van der Waals surface area contributed by atoms with Gasteiger partial charge in [-0.15, -0.1) is 0 Å². The van der Waals surface area contributed by atoms with E-state index in [2.05, 4.69) is 9.72 Å². The fourth-order valence-corrected chi connectivity index (χ4v) is 3.21. The fraction of sp³-hybridized carbons (Fsp3) is 0.684. The zero-order chi connectivity index (χ0) is 23.6. The van der Waals surface area contributed by atoms with Crippen molar-refractivity contribution in [2.45, 2.75) is 70.9 Å². The van der Waals surface area contributed by atoms with Gasteiger partial charge in [0.2, 0.25) is 0 Å². The highest BCUT2D eigenvalue weighted by molar-refractivity contribution is 7.80.